The Morgan fingerprint density at radius 2 is 1.20 bits per heavy atom. The summed E-state index contributed by atoms with van der Waals surface area (Å²) in [6.45, 7) is 4.30. The van der Waals surface area contributed by atoms with Crippen molar-refractivity contribution >= 4 is 19.8 Å². The molecule has 0 aliphatic rings. The second kappa shape index (κ2) is 36.5. The summed E-state index contributed by atoms with van der Waals surface area (Å²) >= 11 is 0. The Labute approximate surface area is 332 Å². The summed E-state index contributed by atoms with van der Waals surface area (Å²) in [4.78, 5) is 35.0. The number of ether oxygens (including phenoxy) is 2. The average molecular weight is 805 g/mol. The Bertz CT molecular complexity index is 1060. The molecule has 12 nitrogen and oxygen atoms in total. The van der Waals surface area contributed by atoms with Gasteiger partial charge in [0, 0.05) is 12.8 Å². The molecule has 0 heterocycles. The second-order valence-corrected chi connectivity index (χ2v) is 16.3. The van der Waals surface area contributed by atoms with Crippen molar-refractivity contribution in [1.82, 2.24) is 0 Å². The number of hydrogen-bond donors (Lipinski definition) is 5. The van der Waals surface area contributed by atoms with Gasteiger partial charge < -0.3 is 34.8 Å². The first-order valence-electron chi connectivity index (χ1n) is 21.0. The highest BCUT2D eigenvalue weighted by atomic mass is 31.2. The summed E-state index contributed by atoms with van der Waals surface area (Å²) in [7, 11) is -4.70. The summed E-state index contributed by atoms with van der Waals surface area (Å²) in [6, 6.07) is 0. The van der Waals surface area contributed by atoms with Crippen molar-refractivity contribution < 1.29 is 58.0 Å². The molecule has 0 fully saturated rings. The lowest BCUT2D eigenvalue weighted by molar-refractivity contribution is -0.161. The molecule has 0 aromatic carbocycles. The quantitative estimate of drug-likeness (QED) is 0.0173. The van der Waals surface area contributed by atoms with Crippen molar-refractivity contribution in [2.45, 2.75) is 186 Å². The molecule has 0 amide bonds. The zero-order chi connectivity index (χ0) is 41.0. The first-order valence-corrected chi connectivity index (χ1v) is 22.5. The van der Waals surface area contributed by atoms with Crippen LogP contribution in [-0.2, 0) is 32.7 Å². The molecule has 0 saturated carbocycles. The van der Waals surface area contributed by atoms with E-state index in [1.54, 1.807) is 0 Å². The number of phosphoric acid groups is 1. The van der Waals surface area contributed by atoms with Crippen molar-refractivity contribution in [3.05, 3.63) is 36.5 Å². The molecule has 0 saturated heterocycles. The second-order valence-electron chi connectivity index (χ2n) is 14.8. The molecule has 0 rings (SSSR count). The molecule has 0 spiro atoms. The molecule has 0 aliphatic carbocycles. The van der Waals surface area contributed by atoms with Gasteiger partial charge in [0.05, 0.1) is 32.0 Å². The summed E-state index contributed by atoms with van der Waals surface area (Å²) in [6.07, 6.45) is 27.2. The van der Waals surface area contributed by atoms with E-state index in [-0.39, 0.29) is 32.1 Å². The number of aliphatic hydroxyl groups excluding tert-OH is 4. The molecule has 0 aliphatic heterocycles. The normalized spacial score (nSPS) is 15.5. The Morgan fingerprint density at radius 3 is 1.82 bits per heavy atom. The Hall–Kier alpha value is -1.89. The van der Waals surface area contributed by atoms with Crippen LogP contribution < -0.4 is 0 Å². The van der Waals surface area contributed by atoms with Crippen LogP contribution in [0.15, 0.2) is 36.5 Å². The van der Waals surface area contributed by atoms with Gasteiger partial charge in [-0.05, 0) is 57.3 Å². The average Bonchev–Trinajstić information content (AvgIpc) is 3.15. The van der Waals surface area contributed by atoms with E-state index < -0.39 is 70.6 Å². The smallest absolute Gasteiger partial charge is 0.462 e. The van der Waals surface area contributed by atoms with E-state index in [1.165, 1.54) is 64.2 Å². The number of esters is 2. The van der Waals surface area contributed by atoms with E-state index in [0.29, 0.717) is 6.42 Å². The first-order chi connectivity index (χ1) is 26.4. The van der Waals surface area contributed by atoms with Gasteiger partial charge in [-0.15, -0.1) is 0 Å². The van der Waals surface area contributed by atoms with Gasteiger partial charge in [0.2, 0.25) is 0 Å². The van der Waals surface area contributed by atoms with Crippen LogP contribution in [0.4, 0.5) is 0 Å². The molecule has 5 atom stereocenters. The van der Waals surface area contributed by atoms with Crippen LogP contribution >= 0.6 is 7.82 Å². The topological polar surface area (TPSA) is 189 Å². The number of hydrogen-bond acceptors (Lipinski definition) is 11. The fourth-order valence-corrected chi connectivity index (χ4v) is 6.31. The molecule has 0 aromatic heterocycles. The van der Waals surface area contributed by atoms with Crippen molar-refractivity contribution in [3.8, 4) is 0 Å². The van der Waals surface area contributed by atoms with Gasteiger partial charge in [0.15, 0.2) is 6.10 Å². The predicted octanol–water partition coefficient (Wildman–Crippen LogP) is 8.58. The highest BCUT2D eigenvalue weighted by Crippen LogP contribution is 2.43. The number of aliphatic hydroxyl groups is 4. The predicted molar refractivity (Wildman–Crippen MR) is 217 cm³/mol. The minimum atomic E-state index is -4.70. The summed E-state index contributed by atoms with van der Waals surface area (Å²) in [5.41, 5.74) is 0. The fourth-order valence-electron chi connectivity index (χ4n) is 5.52. The van der Waals surface area contributed by atoms with Crippen LogP contribution in [0, 0.1) is 5.92 Å². The van der Waals surface area contributed by atoms with E-state index in [9.17, 15) is 34.4 Å². The van der Waals surface area contributed by atoms with Gasteiger partial charge >= 0.3 is 19.8 Å². The first kappa shape index (κ1) is 53.1. The Kier molecular flexibility index (Phi) is 35.2. The molecular weight excluding hydrogens is 727 g/mol. The van der Waals surface area contributed by atoms with E-state index in [1.807, 2.05) is 12.2 Å². The summed E-state index contributed by atoms with van der Waals surface area (Å²) in [5, 5.41) is 39.0. The lowest BCUT2D eigenvalue weighted by Crippen LogP contribution is -2.30. The molecule has 0 radical (unpaired) electrons. The third-order valence-electron chi connectivity index (χ3n) is 8.93. The highest BCUT2D eigenvalue weighted by Gasteiger charge is 2.27. The van der Waals surface area contributed by atoms with Crippen LogP contribution in [-0.4, -0.2) is 88.1 Å². The molecule has 5 N–H and O–H groups in total. The zero-order valence-corrected chi connectivity index (χ0v) is 35.2. The van der Waals surface area contributed by atoms with Crippen LogP contribution in [0.25, 0.3) is 0 Å². The number of carbonyl (C=O) groups is 2. The minimum Gasteiger partial charge on any atom is -0.462 e. The van der Waals surface area contributed by atoms with Crippen molar-refractivity contribution in [2.24, 2.45) is 5.92 Å². The van der Waals surface area contributed by atoms with Crippen molar-refractivity contribution in [2.75, 3.05) is 26.4 Å². The van der Waals surface area contributed by atoms with Gasteiger partial charge in [0.25, 0.3) is 0 Å². The number of allylic oxidation sites excluding steroid dienone is 5. The third-order valence-corrected chi connectivity index (χ3v) is 9.88. The molecule has 55 heavy (non-hydrogen) atoms. The van der Waals surface area contributed by atoms with Gasteiger partial charge in [-0.2, -0.15) is 0 Å². The number of rotatable bonds is 38. The highest BCUT2D eigenvalue weighted by molar-refractivity contribution is 7.47. The van der Waals surface area contributed by atoms with Crippen LogP contribution in [0.1, 0.15) is 162 Å². The lowest BCUT2D eigenvalue weighted by Gasteiger charge is -2.20. The number of unbranched alkanes of at least 4 members (excludes halogenated alkanes) is 12. The number of phosphoric ester groups is 1. The van der Waals surface area contributed by atoms with E-state index in [2.05, 4.69) is 49.6 Å². The maximum atomic E-state index is 12.6. The summed E-state index contributed by atoms with van der Waals surface area (Å²) < 4.78 is 32.5. The maximum absolute atomic E-state index is 12.6. The molecule has 3 unspecified atom stereocenters. The van der Waals surface area contributed by atoms with Crippen LogP contribution in [0.5, 0.6) is 0 Å². The minimum absolute atomic E-state index is 0.129. The van der Waals surface area contributed by atoms with Crippen molar-refractivity contribution in [1.29, 1.82) is 0 Å². The van der Waals surface area contributed by atoms with Crippen LogP contribution in [0.3, 0.4) is 0 Å². The van der Waals surface area contributed by atoms with E-state index >= 15 is 0 Å². The molecule has 0 aromatic rings. The molecular formula is C42H77O12P. The monoisotopic (exact) mass is 805 g/mol. The van der Waals surface area contributed by atoms with Gasteiger partial charge in [-0.3, -0.25) is 18.6 Å². The summed E-state index contributed by atoms with van der Waals surface area (Å²) in [5.74, 6) is -0.437. The van der Waals surface area contributed by atoms with Crippen LogP contribution in [0.2, 0.25) is 0 Å². The van der Waals surface area contributed by atoms with Gasteiger partial charge in [0.1, 0.15) is 12.7 Å². The van der Waals surface area contributed by atoms with Crippen molar-refractivity contribution in [3.63, 3.8) is 0 Å². The Balaban J connectivity index is 4.58. The lowest BCUT2D eigenvalue weighted by atomic mass is 10.0. The fraction of sp³-hybridized carbons (Fsp3) is 0.810. The van der Waals surface area contributed by atoms with Gasteiger partial charge in [-0.1, -0.05) is 134 Å². The zero-order valence-electron chi connectivity index (χ0n) is 34.3. The van der Waals surface area contributed by atoms with E-state index in [0.717, 1.165) is 44.4 Å². The Morgan fingerprint density at radius 1 is 0.636 bits per heavy atom. The third kappa shape index (κ3) is 36.2. The molecule has 0 bridgehead atoms. The molecule has 322 valence electrons. The van der Waals surface area contributed by atoms with E-state index in [4.69, 9.17) is 19.1 Å². The maximum Gasteiger partial charge on any atom is 0.472 e. The molecule has 13 heteroatoms. The number of carbonyl (C=O) groups excluding carboxylic acids is 2. The standard InChI is InChI=1S/C42H77O12P/c1-4-5-6-7-8-9-10-11-15-18-21-24-28-39(45)40(46)29-26-31-42(48)54-38(35-53-55(49,50)52-33-37(44)32-43)34-51-41(47)30-25-22-19-16-13-12-14-17-20-23-27-36(2)3/h8-9,11,15,21,24,36-40,43-46H,4-7,10,12-14,16-20,22-23,25-35H2,1-3H3,(H,49,50)/b9-8-,15-11-,24-21-/t37-,38+,39?,40?/m0/s1. The largest absolute Gasteiger partial charge is 0.472 e. The van der Waals surface area contributed by atoms with Gasteiger partial charge in [-0.25, -0.2) is 4.57 Å². The SMILES string of the molecule is CCCCC/C=C\C/C=C\C/C=C\CC(O)C(O)CCCC(=O)O[C@H](COC(=O)CCCCCCCCCCCCC(C)C)COP(=O)(O)OC[C@@H](O)CO.